The van der Waals surface area contributed by atoms with Crippen LogP contribution in [0.5, 0.6) is 0 Å². The lowest BCUT2D eigenvalue weighted by atomic mass is 10.1. The Hall–Kier alpha value is -1.90. The quantitative estimate of drug-likeness (QED) is 0.806. The van der Waals surface area contributed by atoms with E-state index in [0.717, 1.165) is 18.7 Å². The van der Waals surface area contributed by atoms with E-state index in [9.17, 15) is 13.2 Å². The van der Waals surface area contributed by atoms with Gasteiger partial charge in [-0.2, -0.15) is 4.31 Å². The van der Waals surface area contributed by atoms with Crippen LogP contribution >= 0.6 is 11.3 Å². The Morgan fingerprint density at radius 1 is 1.14 bits per heavy atom. The van der Waals surface area contributed by atoms with E-state index in [0.29, 0.717) is 25.1 Å². The van der Waals surface area contributed by atoms with Crippen LogP contribution in [-0.2, 0) is 14.8 Å². The fraction of sp³-hybridized carbons (Fsp3) is 0.450. The highest BCUT2D eigenvalue weighted by Crippen LogP contribution is 2.30. The summed E-state index contributed by atoms with van der Waals surface area (Å²) in [6.45, 7) is 4.58. The molecule has 2 aliphatic heterocycles. The van der Waals surface area contributed by atoms with Gasteiger partial charge in [0, 0.05) is 31.0 Å². The maximum atomic E-state index is 12.9. The van der Waals surface area contributed by atoms with Crippen molar-refractivity contribution in [2.75, 3.05) is 29.9 Å². The largest absolute Gasteiger partial charge is 0.371 e. The third-order valence-corrected chi connectivity index (χ3v) is 8.76. The first-order valence-corrected chi connectivity index (χ1v) is 12.0. The molecule has 8 heteroatoms. The minimum absolute atomic E-state index is 0.258. The van der Waals surface area contributed by atoms with Gasteiger partial charge in [0.05, 0.1) is 0 Å². The van der Waals surface area contributed by atoms with Crippen LogP contribution in [-0.4, -0.2) is 44.3 Å². The zero-order valence-corrected chi connectivity index (χ0v) is 17.6. The molecule has 150 valence electrons. The SMILES string of the molecule is Cc1cc(NC(=O)C2CCCN2S(=O)(=O)c2cccs2)ccc1N1CCCC1. The van der Waals surface area contributed by atoms with E-state index in [4.69, 9.17) is 0 Å². The van der Waals surface area contributed by atoms with E-state index >= 15 is 0 Å². The Labute approximate surface area is 170 Å². The average Bonchev–Trinajstić information content (AvgIpc) is 3.43. The molecule has 0 saturated carbocycles. The molecule has 6 nitrogen and oxygen atoms in total. The van der Waals surface area contributed by atoms with Gasteiger partial charge in [0.1, 0.15) is 10.3 Å². The first kappa shape index (κ1) is 19.4. The van der Waals surface area contributed by atoms with E-state index in [1.165, 1.54) is 34.2 Å². The fourth-order valence-corrected chi connectivity index (χ4v) is 6.86. The maximum Gasteiger partial charge on any atom is 0.253 e. The van der Waals surface area contributed by atoms with Crippen LogP contribution in [0.1, 0.15) is 31.2 Å². The lowest BCUT2D eigenvalue weighted by Gasteiger charge is -2.23. The summed E-state index contributed by atoms with van der Waals surface area (Å²) in [5.41, 5.74) is 3.04. The van der Waals surface area contributed by atoms with Crippen molar-refractivity contribution < 1.29 is 13.2 Å². The second-order valence-corrected chi connectivity index (χ2v) is 10.5. The van der Waals surface area contributed by atoms with E-state index < -0.39 is 16.1 Å². The topological polar surface area (TPSA) is 69.7 Å². The second kappa shape index (κ2) is 7.85. The van der Waals surface area contributed by atoms with Gasteiger partial charge in [-0.25, -0.2) is 8.42 Å². The molecule has 1 atom stereocenters. The van der Waals surface area contributed by atoms with E-state index in [1.807, 2.05) is 25.1 Å². The molecule has 2 aliphatic rings. The Morgan fingerprint density at radius 2 is 1.93 bits per heavy atom. The normalized spacial score (nSPS) is 20.6. The molecule has 0 aliphatic carbocycles. The Kier molecular flexibility index (Phi) is 5.44. The molecule has 2 fully saturated rings. The van der Waals surface area contributed by atoms with Gasteiger partial charge in [-0.05, 0) is 67.8 Å². The molecule has 1 aromatic heterocycles. The van der Waals surface area contributed by atoms with Crippen molar-refractivity contribution in [3.05, 3.63) is 41.3 Å². The van der Waals surface area contributed by atoms with Gasteiger partial charge >= 0.3 is 0 Å². The molecule has 1 aromatic carbocycles. The lowest BCUT2D eigenvalue weighted by Crippen LogP contribution is -2.42. The molecule has 0 bridgehead atoms. The van der Waals surface area contributed by atoms with E-state index in [-0.39, 0.29) is 10.1 Å². The van der Waals surface area contributed by atoms with Crippen molar-refractivity contribution in [3.8, 4) is 0 Å². The number of amides is 1. The van der Waals surface area contributed by atoms with Crippen LogP contribution in [0, 0.1) is 6.92 Å². The van der Waals surface area contributed by atoms with Crippen LogP contribution in [0.25, 0.3) is 0 Å². The number of carbonyl (C=O) groups is 1. The maximum absolute atomic E-state index is 12.9. The van der Waals surface area contributed by atoms with Crippen molar-refractivity contribution >= 4 is 38.6 Å². The first-order chi connectivity index (χ1) is 13.5. The Balaban J connectivity index is 1.49. The predicted octanol–water partition coefficient (Wildman–Crippen LogP) is 3.45. The van der Waals surface area contributed by atoms with Gasteiger partial charge < -0.3 is 10.2 Å². The van der Waals surface area contributed by atoms with Crippen molar-refractivity contribution in [1.29, 1.82) is 0 Å². The Morgan fingerprint density at radius 3 is 2.61 bits per heavy atom. The van der Waals surface area contributed by atoms with Gasteiger partial charge in [0.2, 0.25) is 5.91 Å². The summed E-state index contributed by atoms with van der Waals surface area (Å²) in [6, 6.07) is 8.57. The summed E-state index contributed by atoms with van der Waals surface area (Å²) in [4.78, 5) is 15.2. The van der Waals surface area contributed by atoms with Gasteiger partial charge in [0.15, 0.2) is 0 Å². The molecular formula is C20H25N3O3S2. The lowest BCUT2D eigenvalue weighted by molar-refractivity contribution is -0.119. The first-order valence-electron chi connectivity index (χ1n) is 9.68. The summed E-state index contributed by atoms with van der Waals surface area (Å²) in [5.74, 6) is -0.258. The number of thiophene rings is 1. The van der Waals surface area contributed by atoms with Crippen LogP contribution in [0.3, 0.4) is 0 Å². The standard InChI is InChI=1S/C20H25N3O3S2/c1-15-14-16(8-9-17(15)22-10-2-3-11-22)21-20(24)18-6-4-12-23(18)28(25,26)19-7-5-13-27-19/h5,7-9,13-14,18H,2-4,6,10-12H2,1H3,(H,21,24). The minimum atomic E-state index is -3.62. The Bertz CT molecular complexity index is 951. The summed E-state index contributed by atoms with van der Waals surface area (Å²) in [5, 5.41) is 4.67. The van der Waals surface area contributed by atoms with Crippen LogP contribution < -0.4 is 10.2 Å². The summed E-state index contributed by atoms with van der Waals surface area (Å²) < 4.78 is 27.4. The molecule has 1 amide bonds. The average molecular weight is 420 g/mol. The number of rotatable bonds is 5. The highest BCUT2D eigenvalue weighted by molar-refractivity contribution is 7.91. The van der Waals surface area contributed by atoms with Crippen LogP contribution in [0.15, 0.2) is 39.9 Å². The van der Waals surface area contributed by atoms with E-state index in [1.54, 1.807) is 17.5 Å². The molecule has 2 aromatic rings. The summed E-state index contributed by atoms with van der Waals surface area (Å²) >= 11 is 1.18. The van der Waals surface area contributed by atoms with Crippen molar-refractivity contribution in [2.24, 2.45) is 0 Å². The third kappa shape index (κ3) is 3.68. The molecule has 28 heavy (non-hydrogen) atoms. The number of carbonyl (C=O) groups excluding carboxylic acids is 1. The molecule has 4 rings (SSSR count). The molecular weight excluding hydrogens is 394 g/mol. The number of anilines is 2. The highest BCUT2D eigenvalue weighted by atomic mass is 32.2. The van der Waals surface area contributed by atoms with Gasteiger partial charge in [-0.3, -0.25) is 4.79 Å². The number of hydrogen-bond donors (Lipinski definition) is 1. The molecule has 1 N–H and O–H groups in total. The number of aryl methyl sites for hydroxylation is 1. The van der Waals surface area contributed by atoms with Crippen LogP contribution in [0.2, 0.25) is 0 Å². The summed E-state index contributed by atoms with van der Waals surface area (Å²) in [7, 11) is -3.62. The van der Waals surface area contributed by atoms with Gasteiger partial charge in [-0.15, -0.1) is 11.3 Å². The van der Waals surface area contributed by atoms with Crippen molar-refractivity contribution in [3.63, 3.8) is 0 Å². The van der Waals surface area contributed by atoms with Gasteiger partial charge in [-0.1, -0.05) is 6.07 Å². The molecule has 1 unspecified atom stereocenters. The summed E-state index contributed by atoms with van der Waals surface area (Å²) in [6.07, 6.45) is 3.67. The number of benzene rings is 1. The van der Waals surface area contributed by atoms with Crippen molar-refractivity contribution in [2.45, 2.75) is 42.9 Å². The van der Waals surface area contributed by atoms with E-state index in [2.05, 4.69) is 10.2 Å². The highest BCUT2D eigenvalue weighted by Gasteiger charge is 2.39. The predicted molar refractivity (Wildman–Crippen MR) is 112 cm³/mol. The molecule has 3 heterocycles. The number of nitrogens with one attached hydrogen (secondary N) is 1. The van der Waals surface area contributed by atoms with Gasteiger partial charge in [0.25, 0.3) is 10.0 Å². The molecule has 0 spiro atoms. The third-order valence-electron chi connectivity index (χ3n) is 5.48. The monoisotopic (exact) mass is 419 g/mol. The smallest absolute Gasteiger partial charge is 0.253 e. The second-order valence-electron chi connectivity index (χ2n) is 7.39. The zero-order valence-electron chi connectivity index (χ0n) is 15.9. The number of hydrogen-bond acceptors (Lipinski definition) is 5. The zero-order chi connectivity index (χ0) is 19.7. The van der Waals surface area contributed by atoms with Crippen molar-refractivity contribution in [1.82, 2.24) is 4.31 Å². The molecule has 0 radical (unpaired) electrons. The minimum Gasteiger partial charge on any atom is -0.371 e. The fourth-order valence-electron chi connectivity index (χ4n) is 4.09. The number of sulfonamides is 1. The molecule has 2 saturated heterocycles. The van der Waals surface area contributed by atoms with Crippen LogP contribution in [0.4, 0.5) is 11.4 Å². The number of nitrogens with zero attached hydrogens (tertiary/aromatic N) is 2.